The zero-order valence-corrected chi connectivity index (χ0v) is 12.4. The number of hydrogen-bond donors (Lipinski definition) is 2. The number of carbonyl (C=O) groups is 2. The molecule has 0 radical (unpaired) electrons. The van der Waals surface area contributed by atoms with Crippen molar-refractivity contribution in [3.05, 3.63) is 0 Å². The van der Waals surface area contributed by atoms with Crippen molar-refractivity contribution >= 4 is 11.9 Å². The van der Waals surface area contributed by atoms with Crippen LogP contribution in [0.15, 0.2) is 0 Å². The molecule has 2 N–H and O–H groups in total. The predicted molar refractivity (Wildman–Crippen MR) is 56.0 cm³/mol. The molecule has 0 aliphatic heterocycles. The minimum atomic E-state index is -1.83. The monoisotopic (exact) mass is 238 g/mol. The minimum Gasteiger partial charge on any atom is -1.00 e. The average molecular weight is 238 g/mol. The van der Waals surface area contributed by atoms with Gasteiger partial charge >= 0.3 is 35.7 Å². The Kier molecular flexibility index (Phi) is 5.05. The van der Waals surface area contributed by atoms with Crippen molar-refractivity contribution in [3.63, 3.8) is 0 Å². The zero-order chi connectivity index (χ0) is 11.9. The number of ketones is 1. The first-order valence-electron chi connectivity index (χ1n) is 5.17. The third kappa shape index (κ3) is 2.44. The van der Waals surface area contributed by atoms with Crippen LogP contribution in [-0.2, 0) is 4.79 Å². The summed E-state index contributed by atoms with van der Waals surface area (Å²) in [6.45, 7) is 6.67. The van der Waals surface area contributed by atoms with Crippen LogP contribution in [-0.4, -0.2) is 22.2 Å². The van der Waals surface area contributed by atoms with Gasteiger partial charge in [-0.05, 0) is 24.2 Å². The largest absolute Gasteiger partial charge is 1.00 e. The normalized spacial score (nSPS) is 33.7. The smallest absolute Gasteiger partial charge is 1.00 e. The number of fused-ring (bicyclic) bond motifs is 2. The zero-order valence-electron chi connectivity index (χ0n) is 11.4. The second kappa shape index (κ2) is 5.07. The topological polar surface area (TPSA) is 74.6 Å². The maximum absolute atomic E-state index is 11.6. The maximum atomic E-state index is 11.6. The van der Waals surface area contributed by atoms with E-state index in [1.807, 2.05) is 0 Å². The molecule has 2 bridgehead atoms. The summed E-state index contributed by atoms with van der Waals surface area (Å²) in [5.74, 6) is 1.19. The van der Waals surface area contributed by atoms with Crippen LogP contribution in [0.2, 0.25) is 0 Å². The van der Waals surface area contributed by atoms with Crippen molar-refractivity contribution in [2.24, 2.45) is 16.7 Å². The van der Waals surface area contributed by atoms with Gasteiger partial charge in [0.15, 0.2) is 0 Å². The molecule has 2 rings (SSSR count). The molecule has 4 nitrogen and oxygen atoms in total. The molecule has 2 aliphatic carbocycles. The maximum Gasteiger partial charge on any atom is 1.00 e. The molecule has 0 unspecified atom stereocenters. The van der Waals surface area contributed by atoms with Crippen LogP contribution in [0, 0.1) is 16.7 Å². The molecule has 0 aromatic rings. The SMILES string of the molecule is CC1(C)[C@@H]2CC[C@@]1(C)C(=O)C2.O=C(O)O.[H-].[Na+]. The van der Waals surface area contributed by atoms with E-state index in [-0.39, 0.29) is 41.8 Å². The van der Waals surface area contributed by atoms with Crippen LogP contribution >= 0.6 is 0 Å². The van der Waals surface area contributed by atoms with Gasteiger partial charge in [-0.25, -0.2) is 4.79 Å². The van der Waals surface area contributed by atoms with Crippen LogP contribution in [0.25, 0.3) is 0 Å². The van der Waals surface area contributed by atoms with Gasteiger partial charge in [-0.3, -0.25) is 4.79 Å². The average Bonchev–Trinajstić information content (AvgIpc) is 2.36. The number of hydrogen-bond acceptors (Lipinski definition) is 2. The van der Waals surface area contributed by atoms with E-state index in [0.717, 1.165) is 12.8 Å². The first-order valence-corrected chi connectivity index (χ1v) is 5.17. The number of carboxylic acid groups (broad SMARTS) is 2. The van der Waals surface area contributed by atoms with Crippen LogP contribution in [0.5, 0.6) is 0 Å². The third-order valence-electron chi connectivity index (χ3n) is 4.48. The number of rotatable bonds is 0. The van der Waals surface area contributed by atoms with E-state index in [4.69, 9.17) is 15.0 Å². The van der Waals surface area contributed by atoms with Crippen molar-refractivity contribution in [1.29, 1.82) is 0 Å². The molecule has 0 saturated heterocycles. The molecule has 0 heterocycles. The minimum absolute atomic E-state index is 0. The standard InChI is InChI=1S/C10H16O.CH2O3.Na.H/c1-9(2)7-4-5-10(9,3)8(11)6-7;2-1(3)4;;/h7H,4-6H2,1-3H3;(H2,2,3,4);;/q;;+1;-1/t7-,10+;;;/m1.../s1. The van der Waals surface area contributed by atoms with Crippen LogP contribution in [0.4, 0.5) is 4.79 Å². The molecule has 2 aliphatic rings. The van der Waals surface area contributed by atoms with Gasteiger partial charge in [-0.15, -0.1) is 0 Å². The fourth-order valence-corrected chi connectivity index (χ4v) is 2.90. The summed E-state index contributed by atoms with van der Waals surface area (Å²) < 4.78 is 0. The van der Waals surface area contributed by atoms with E-state index in [1.165, 1.54) is 6.42 Å². The van der Waals surface area contributed by atoms with E-state index in [0.29, 0.717) is 11.7 Å². The van der Waals surface area contributed by atoms with E-state index < -0.39 is 6.16 Å². The fourth-order valence-electron chi connectivity index (χ4n) is 2.90. The van der Waals surface area contributed by atoms with Gasteiger partial charge in [0.1, 0.15) is 5.78 Å². The summed E-state index contributed by atoms with van der Waals surface area (Å²) in [6.07, 6.45) is 1.42. The van der Waals surface area contributed by atoms with Gasteiger partial charge in [-0.2, -0.15) is 0 Å². The molecule has 2 saturated carbocycles. The summed E-state index contributed by atoms with van der Waals surface area (Å²) in [6, 6.07) is 0. The van der Waals surface area contributed by atoms with Crippen molar-refractivity contribution in [2.75, 3.05) is 0 Å². The summed E-state index contributed by atoms with van der Waals surface area (Å²) in [5, 5.41) is 13.9. The van der Waals surface area contributed by atoms with Crippen molar-refractivity contribution in [3.8, 4) is 0 Å². The first kappa shape index (κ1) is 15.9. The number of carbonyl (C=O) groups excluding carboxylic acids is 1. The van der Waals surface area contributed by atoms with Crippen molar-refractivity contribution in [1.82, 2.24) is 0 Å². The van der Waals surface area contributed by atoms with Gasteiger partial charge in [0, 0.05) is 11.8 Å². The van der Waals surface area contributed by atoms with Gasteiger partial charge < -0.3 is 11.6 Å². The molecule has 0 amide bonds. The number of Topliss-reactive ketones (excluding diaryl/α,β-unsaturated/α-hetero) is 1. The molecule has 5 heteroatoms. The summed E-state index contributed by atoms with van der Waals surface area (Å²) in [7, 11) is 0. The fraction of sp³-hybridized carbons (Fsp3) is 0.818. The third-order valence-corrected chi connectivity index (χ3v) is 4.48. The van der Waals surface area contributed by atoms with Gasteiger partial charge in [0.25, 0.3) is 0 Å². The summed E-state index contributed by atoms with van der Waals surface area (Å²) in [4.78, 5) is 20.1. The second-order valence-corrected chi connectivity index (χ2v) is 5.20. The van der Waals surface area contributed by atoms with Gasteiger partial charge in [0.05, 0.1) is 0 Å². The van der Waals surface area contributed by atoms with Crippen LogP contribution < -0.4 is 29.6 Å². The first-order chi connectivity index (χ1) is 6.72. The Morgan fingerprint density at radius 1 is 1.38 bits per heavy atom. The van der Waals surface area contributed by atoms with Crippen molar-refractivity contribution in [2.45, 2.75) is 40.0 Å². The Morgan fingerprint density at radius 2 is 1.81 bits per heavy atom. The summed E-state index contributed by atoms with van der Waals surface area (Å²) >= 11 is 0. The Balaban J connectivity index is 0. The van der Waals surface area contributed by atoms with E-state index in [2.05, 4.69) is 20.8 Å². The molecule has 2 fully saturated rings. The molecule has 0 spiro atoms. The molecule has 0 aromatic carbocycles. The van der Waals surface area contributed by atoms with E-state index in [9.17, 15) is 4.79 Å². The Labute approximate surface area is 119 Å². The molecular formula is C11H19NaO4. The molecule has 2 atom stereocenters. The molecule has 88 valence electrons. The van der Waals surface area contributed by atoms with Crippen molar-refractivity contribution < 1.29 is 50.8 Å². The van der Waals surface area contributed by atoms with Crippen LogP contribution in [0.3, 0.4) is 0 Å². The molecule has 16 heavy (non-hydrogen) atoms. The van der Waals surface area contributed by atoms with Gasteiger partial charge in [0.2, 0.25) is 0 Å². The van der Waals surface area contributed by atoms with E-state index >= 15 is 0 Å². The predicted octanol–water partition coefficient (Wildman–Crippen LogP) is -0.259. The Morgan fingerprint density at radius 3 is 1.94 bits per heavy atom. The Bertz CT molecular complexity index is 302. The molecular weight excluding hydrogens is 219 g/mol. The summed E-state index contributed by atoms with van der Waals surface area (Å²) in [5.41, 5.74) is 0.307. The second-order valence-electron chi connectivity index (χ2n) is 5.20. The quantitative estimate of drug-likeness (QED) is 0.570. The Hall–Kier alpha value is -0.0600. The molecule has 0 aromatic heterocycles. The van der Waals surface area contributed by atoms with Gasteiger partial charge in [-0.1, -0.05) is 20.8 Å². The van der Waals surface area contributed by atoms with Crippen LogP contribution in [0.1, 0.15) is 41.5 Å². The van der Waals surface area contributed by atoms with E-state index in [1.54, 1.807) is 0 Å².